The number of pyridine rings is 1. The second-order valence-electron chi connectivity index (χ2n) is 7.94. The van der Waals surface area contributed by atoms with Crippen molar-refractivity contribution in [1.82, 2.24) is 19.7 Å². The van der Waals surface area contributed by atoms with Gasteiger partial charge in [-0.05, 0) is 49.4 Å². The van der Waals surface area contributed by atoms with E-state index in [-0.39, 0.29) is 5.91 Å². The van der Waals surface area contributed by atoms with Gasteiger partial charge in [-0.15, -0.1) is 5.10 Å². The maximum Gasteiger partial charge on any atom is 0.255 e. The van der Waals surface area contributed by atoms with Crippen molar-refractivity contribution in [3.05, 3.63) is 89.9 Å². The molecule has 0 fully saturated rings. The monoisotopic (exact) mass is 468 g/mol. The molecule has 35 heavy (non-hydrogen) atoms. The number of hydrogen-bond donors (Lipinski definition) is 2. The molecule has 3 heterocycles. The number of amides is 1. The molecule has 9 nitrogen and oxygen atoms in total. The zero-order chi connectivity index (χ0) is 24.4. The first-order valence-electron chi connectivity index (χ1n) is 11.0. The summed E-state index contributed by atoms with van der Waals surface area (Å²) in [7, 11) is 3.19. The number of methoxy groups -OCH3 is 2. The van der Waals surface area contributed by atoms with Gasteiger partial charge in [0.15, 0.2) is 5.82 Å². The lowest BCUT2D eigenvalue weighted by Crippen LogP contribution is -2.31. The van der Waals surface area contributed by atoms with Crippen LogP contribution in [0.2, 0.25) is 0 Å². The maximum atomic E-state index is 13.6. The van der Waals surface area contributed by atoms with Crippen molar-refractivity contribution in [3.63, 3.8) is 0 Å². The number of fused-ring (bicyclic) bond motifs is 1. The summed E-state index contributed by atoms with van der Waals surface area (Å²) >= 11 is 0. The Morgan fingerprint density at radius 1 is 1.06 bits per heavy atom. The van der Waals surface area contributed by atoms with Gasteiger partial charge in [-0.25, -0.2) is 4.68 Å². The van der Waals surface area contributed by atoms with E-state index in [0.717, 1.165) is 11.1 Å². The van der Waals surface area contributed by atoms with Crippen LogP contribution >= 0.6 is 0 Å². The van der Waals surface area contributed by atoms with Crippen molar-refractivity contribution in [1.29, 1.82) is 0 Å². The molecule has 1 amide bonds. The van der Waals surface area contributed by atoms with Crippen LogP contribution in [0.25, 0.3) is 11.4 Å². The minimum absolute atomic E-state index is 0.264. The van der Waals surface area contributed by atoms with E-state index in [1.165, 1.54) is 0 Å². The Balaban J connectivity index is 1.67. The van der Waals surface area contributed by atoms with E-state index in [0.29, 0.717) is 40.2 Å². The molecule has 0 radical (unpaired) electrons. The van der Waals surface area contributed by atoms with Gasteiger partial charge in [-0.1, -0.05) is 18.2 Å². The van der Waals surface area contributed by atoms with Crippen molar-refractivity contribution in [2.75, 3.05) is 24.9 Å². The van der Waals surface area contributed by atoms with Gasteiger partial charge in [0.25, 0.3) is 5.91 Å². The maximum absolute atomic E-state index is 13.6. The van der Waals surface area contributed by atoms with Crippen LogP contribution in [0.1, 0.15) is 18.5 Å². The molecule has 0 saturated carbocycles. The second kappa shape index (κ2) is 9.30. The molecule has 1 aliphatic rings. The molecule has 1 aliphatic heterocycles. The predicted octanol–water partition coefficient (Wildman–Crippen LogP) is 4.28. The van der Waals surface area contributed by atoms with Crippen LogP contribution in [0.15, 0.2) is 84.3 Å². The summed E-state index contributed by atoms with van der Waals surface area (Å²) in [6, 6.07) is 17.9. The van der Waals surface area contributed by atoms with E-state index in [1.54, 1.807) is 31.3 Å². The molecule has 0 aliphatic carbocycles. The molecule has 1 unspecified atom stereocenters. The molecule has 1 atom stereocenters. The number of carbonyl (C=O) groups excluding carboxylic acids is 1. The highest BCUT2D eigenvalue weighted by molar-refractivity contribution is 6.06. The number of nitrogens with one attached hydrogen (secondary N) is 2. The van der Waals surface area contributed by atoms with Crippen LogP contribution in [0.3, 0.4) is 0 Å². The summed E-state index contributed by atoms with van der Waals surface area (Å²) in [5.74, 6) is 1.96. The molecule has 0 saturated heterocycles. The summed E-state index contributed by atoms with van der Waals surface area (Å²) in [5, 5.41) is 11.0. The van der Waals surface area contributed by atoms with Crippen molar-refractivity contribution < 1.29 is 14.3 Å². The molecule has 2 N–H and O–H groups in total. The van der Waals surface area contributed by atoms with Crippen molar-refractivity contribution in [3.8, 4) is 22.9 Å². The standard InChI is InChI=1S/C26H24N6O3/c1-16-22(25(33)29-18-9-5-4-6-10-18)23(20-14-19(34-2)11-12-21(20)35-3)32-26(28-16)30-24(31-32)17-8-7-13-27-15-17/h4-15,23H,1-3H3,(H,29,33)(H,28,30,31). The third-order valence-corrected chi connectivity index (χ3v) is 5.78. The summed E-state index contributed by atoms with van der Waals surface area (Å²) in [6.45, 7) is 1.85. The van der Waals surface area contributed by atoms with Gasteiger partial charge in [-0.3, -0.25) is 9.78 Å². The highest BCUT2D eigenvalue weighted by Gasteiger charge is 2.36. The van der Waals surface area contributed by atoms with E-state index in [1.807, 2.05) is 67.6 Å². The summed E-state index contributed by atoms with van der Waals surface area (Å²) in [6.07, 6.45) is 3.39. The van der Waals surface area contributed by atoms with E-state index >= 15 is 0 Å². The topological polar surface area (TPSA) is 103 Å². The van der Waals surface area contributed by atoms with Crippen LogP contribution in [0.4, 0.5) is 11.6 Å². The Hall–Kier alpha value is -4.66. The van der Waals surface area contributed by atoms with Crippen LogP contribution in [0.5, 0.6) is 11.5 Å². The normalized spacial score (nSPS) is 14.7. The average Bonchev–Trinajstić information content (AvgIpc) is 3.32. The third-order valence-electron chi connectivity index (χ3n) is 5.78. The Morgan fingerprint density at radius 2 is 1.89 bits per heavy atom. The number of hydrogen-bond acceptors (Lipinski definition) is 7. The summed E-state index contributed by atoms with van der Waals surface area (Å²) in [4.78, 5) is 22.5. The fourth-order valence-electron chi connectivity index (χ4n) is 4.12. The number of rotatable bonds is 6. The Bertz CT molecular complexity index is 1400. The molecular weight excluding hydrogens is 444 g/mol. The molecular formula is C26H24N6O3. The largest absolute Gasteiger partial charge is 0.497 e. The third kappa shape index (κ3) is 4.19. The Kier molecular flexibility index (Phi) is 5.88. The van der Waals surface area contributed by atoms with Crippen molar-refractivity contribution in [2.45, 2.75) is 13.0 Å². The van der Waals surface area contributed by atoms with Gasteiger partial charge in [0, 0.05) is 34.9 Å². The quantitative estimate of drug-likeness (QED) is 0.435. The van der Waals surface area contributed by atoms with E-state index in [9.17, 15) is 4.79 Å². The molecule has 0 spiro atoms. The van der Waals surface area contributed by atoms with Gasteiger partial charge in [0.1, 0.15) is 17.5 Å². The molecule has 2 aromatic heterocycles. The number of ether oxygens (including phenoxy) is 2. The van der Waals surface area contributed by atoms with Gasteiger partial charge >= 0.3 is 0 Å². The molecule has 2 aromatic carbocycles. The number of allylic oxidation sites excluding steroid dienone is 1. The van der Waals surface area contributed by atoms with Crippen molar-refractivity contribution in [2.24, 2.45) is 0 Å². The first-order valence-corrected chi connectivity index (χ1v) is 11.0. The number of carbonyl (C=O) groups is 1. The Morgan fingerprint density at radius 3 is 2.60 bits per heavy atom. The lowest BCUT2D eigenvalue weighted by molar-refractivity contribution is -0.113. The molecule has 4 aromatic rings. The van der Waals surface area contributed by atoms with Gasteiger partial charge in [0.2, 0.25) is 5.95 Å². The summed E-state index contributed by atoms with van der Waals surface area (Å²) in [5.41, 5.74) is 3.31. The van der Waals surface area contributed by atoms with Crippen LogP contribution in [0, 0.1) is 0 Å². The van der Waals surface area contributed by atoms with Crippen LogP contribution < -0.4 is 20.1 Å². The first-order chi connectivity index (χ1) is 17.1. The first kappa shape index (κ1) is 22.1. The molecule has 5 rings (SSSR count). The number of benzene rings is 2. The minimum Gasteiger partial charge on any atom is -0.497 e. The lowest BCUT2D eigenvalue weighted by atomic mass is 9.94. The SMILES string of the molecule is COc1ccc(OC)c(C2C(C(=O)Nc3ccccc3)=C(C)Nc3nc(-c4cccnc4)nn32)c1. The Labute approximate surface area is 202 Å². The molecule has 9 heteroatoms. The lowest BCUT2D eigenvalue weighted by Gasteiger charge is -2.29. The predicted molar refractivity (Wildman–Crippen MR) is 132 cm³/mol. The number of para-hydroxylation sites is 1. The zero-order valence-corrected chi connectivity index (χ0v) is 19.5. The van der Waals surface area contributed by atoms with Gasteiger partial charge in [0.05, 0.1) is 19.8 Å². The smallest absolute Gasteiger partial charge is 0.255 e. The highest BCUT2D eigenvalue weighted by Crippen LogP contribution is 2.41. The van der Waals surface area contributed by atoms with E-state index in [4.69, 9.17) is 14.6 Å². The van der Waals surface area contributed by atoms with E-state index < -0.39 is 6.04 Å². The van der Waals surface area contributed by atoms with Crippen LogP contribution in [-0.4, -0.2) is 39.9 Å². The van der Waals surface area contributed by atoms with Crippen LogP contribution in [-0.2, 0) is 4.79 Å². The highest BCUT2D eigenvalue weighted by atomic mass is 16.5. The zero-order valence-electron chi connectivity index (χ0n) is 19.5. The van der Waals surface area contributed by atoms with Crippen molar-refractivity contribution >= 4 is 17.5 Å². The number of nitrogens with zero attached hydrogens (tertiary/aromatic N) is 4. The minimum atomic E-state index is -0.627. The fraction of sp³-hybridized carbons (Fsp3) is 0.154. The van der Waals surface area contributed by atoms with Gasteiger partial charge < -0.3 is 20.1 Å². The number of anilines is 2. The molecule has 0 bridgehead atoms. The number of aromatic nitrogens is 4. The summed E-state index contributed by atoms with van der Waals surface area (Å²) < 4.78 is 12.9. The average molecular weight is 469 g/mol. The second-order valence-corrected chi connectivity index (χ2v) is 7.94. The van der Waals surface area contributed by atoms with Gasteiger partial charge in [-0.2, -0.15) is 4.98 Å². The van der Waals surface area contributed by atoms with E-state index in [2.05, 4.69) is 20.6 Å². The molecule has 176 valence electrons. The fourth-order valence-corrected chi connectivity index (χ4v) is 4.12.